The van der Waals surface area contributed by atoms with Crippen LogP contribution in [0.25, 0.3) is 0 Å². The van der Waals surface area contributed by atoms with Crippen molar-refractivity contribution in [3.63, 3.8) is 0 Å². The third-order valence-electron chi connectivity index (χ3n) is 4.08. The maximum Gasteiger partial charge on any atom is 0.125 e. The van der Waals surface area contributed by atoms with Gasteiger partial charge in [-0.15, -0.1) is 0 Å². The number of hydrogen-bond acceptors (Lipinski definition) is 3. The molecule has 0 bridgehead atoms. The van der Waals surface area contributed by atoms with Crippen LogP contribution in [0.1, 0.15) is 43.0 Å². The third-order valence-corrected chi connectivity index (χ3v) is 4.08. The molecule has 2 aromatic rings. The standard InChI is InChI=1S/C17H22N2O/c18-14-8-4-9-15(12-14)19-17(16-10-5-11-20-16)13-6-2-1-3-7-13/h1-3,5-7,10-11,14-15,17,19H,4,8-9,12,18H2. The first kappa shape index (κ1) is 13.4. The highest BCUT2D eigenvalue weighted by Crippen LogP contribution is 2.26. The molecule has 0 saturated heterocycles. The van der Waals surface area contributed by atoms with Gasteiger partial charge in [0.1, 0.15) is 5.76 Å². The smallest absolute Gasteiger partial charge is 0.125 e. The molecule has 1 saturated carbocycles. The minimum absolute atomic E-state index is 0.112. The lowest BCUT2D eigenvalue weighted by molar-refractivity contribution is 0.310. The summed E-state index contributed by atoms with van der Waals surface area (Å²) in [6, 6.07) is 15.3. The average molecular weight is 270 g/mol. The van der Waals surface area contributed by atoms with Gasteiger partial charge in [0.2, 0.25) is 0 Å². The van der Waals surface area contributed by atoms with E-state index in [2.05, 4.69) is 29.6 Å². The van der Waals surface area contributed by atoms with Gasteiger partial charge in [-0.25, -0.2) is 0 Å². The Morgan fingerprint density at radius 1 is 1.10 bits per heavy atom. The molecular weight excluding hydrogens is 248 g/mol. The van der Waals surface area contributed by atoms with Gasteiger partial charge >= 0.3 is 0 Å². The number of nitrogens with two attached hydrogens (primary N) is 1. The molecule has 3 rings (SSSR count). The molecule has 3 nitrogen and oxygen atoms in total. The van der Waals surface area contributed by atoms with Crippen LogP contribution in [0.4, 0.5) is 0 Å². The molecule has 3 atom stereocenters. The van der Waals surface area contributed by atoms with Crippen LogP contribution in [-0.4, -0.2) is 12.1 Å². The average Bonchev–Trinajstić information content (AvgIpc) is 3.00. The molecule has 106 valence electrons. The van der Waals surface area contributed by atoms with Crippen molar-refractivity contribution in [2.24, 2.45) is 5.73 Å². The van der Waals surface area contributed by atoms with E-state index in [4.69, 9.17) is 10.2 Å². The normalized spacial score (nSPS) is 24.4. The Morgan fingerprint density at radius 3 is 2.65 bits per heavy atom. The van der Waals surface area contributed by atoms with Crippen molar-refractivity contribution in [3.8, 4) is 0 Å². The molecule has 1 heterocycles. The van der Waals surface area contributed by atoms with Gasteiger partial charge < -0.3 is 15.5 Å². The summed E-state index contributed by atoms with van der Waals surface area (Å²) >= 11 is 0. The van der Waals surface area contributed by atoms with Gasteiger partial charge in [-0.2, -0.15) is 0 Å². The zero-order valence-electron chi connectivity index (χ0n) is 11.7. The largest absolute Gasteiger partial charge is 0.467 e. The summed E-state index contributed by atoms with van der Waals surface area (Å²) in [5, 5.41) is 3.73. The molecule has 1 fully saturated rings. The lowest BCUT2D eigenvalue weighted by atomic mass is 9.90. The highest BCUT2D eigenvalue weighted by molar-refractivity contribution is 5.26. The molecule has 3 unspecified atom stereocenters. The van der Waals surface area contributed by atoms with Gasteiger partial charge in [0.15, 0.2) is 0 Å². The number of benzene rings is 1. The van der Waals surface area contributed by atoms with Crippen LogP contribution in [-0.2, 0) is 0 Å². The van der Waals surface area contributed by atoms with Gasteiger partial charge in [0, 0.05) is 12.1 Å². The number of hydrogen-bond donors (Lipinski definition) is 2. The first-order valence-electron chi connectivity index (χ1n) is 7.43. The van der Waals surface area contributed by atoms with Crippen LogP contribution in [0, 0.1) is 0 Å². The predicted octanol–water partition coefficient (Wildman–Crippen LogP) is 3.23. The number of nitrogens with one attached hydrogen (secondary N) is 1. The molecule has 20 heavy (non-hydrogen) atoms. The van der Waals surface area contributed by atoms with Crippen LogP contribution in [0.15, 0.2) is 53.1 Å². The van der Waals surface area contributed by atoms with Crippen molar-refractivity contribution in [1.29, 1.82) is 0 Å². The summed E-state index contributed by atoms with van der Waals surface area (Å²) in [6.07, 6.45) is 6.33. The molecule has 0 spiro atoms. The van der Waals surface area contributed by atoms with Crippen LogP contribution in [0.5, 0.6) is 0 Å². The Balaban J connectivity index is 1.79. The van der Waals surface area contributed by atoms with E-state index in [-0.39, 0.29) is 6.04 Å². The molecule has 0 amide bonds. The summed E-state index contributed by atoms with van der Waals surface area (Å²) in [5.41, 5.74) is 7.33. The SMILES string of the molecule is NC1CCCC(NC(c2ccccc2)c2ccco2)C1. The summed E-state index contributed by atoms with van der Waals surface area (Å²) in [4.78, 5) is 0. The van der Waals surface area contributed by atoms with Crippen molar-refractivity contribution in [2.75, 3.05) is 0 Å². The van der Waals surface area contributed by atoms with Gasteiger partial charge in [0.25, 0.3) is 0 Å². The molecule has 1 aromatic carbocycles. The molecule has 1 aliphatic carbocycles. The highest BCUT2D eigenvalue weighted by atomic mass is 16.3. The van der Waals surface area contributed by atoms with Crippen molar-refractivity contribution in [3.05, 3.63) is 60.1 Å². The number of rotatable bonds is 4. The monoisotopic (exact) mass is 270 g/mol. The van der Waals surface area contributed by atoms with Gasteiger partial charge in [-0.1, -0.05) is 36.8 Å². The maximum atomic E-state index is 6.09. The third kappa shape index (κ3) is 3.11. The van der Waals surface area contributed by atoms with Gasteiger partial charge in [0.05, 0.1) is 12.3 Å². The van der Waals surface area contributed by atoms with E-state index in [0.717, 1.165) is 18.6 Å². The molecule has 0 aliphatic heterocycles. The fraction of sp³-hybridized carbons (Fsp3) is 0.412. The lowest BCUT2D eigenvalue weighted by Gasteiger charge is -2.31. The van der Waals surface area contributed by atoms with E-state index >= 15 is 0 Å². The van der Waals surface area contributed by atoms with Crippen LogP contribution < -0.4 is 11.1 Å². The summed E-state index contributed by atoms with van der Waals surface area (Å²) in [7, 11) is 0. The summed E-state index contributed by atoms with van der Waals surface area (Å²) in [6.45, 7) is 0. The Hall–Kier alpha value is -1.58. The second-order valence-electron chi connectivity index (χ2n) is 5.65. The first-order valence-corrected chi connectivity index (χ1v) is 7.43. The Labute approximate surface area is 120 Å². The molecular formula is C17H22N2O. The van der Waals surface area contributed by atoms with E-state index in [1.165, 1.54) is 18.4 Å². The van der Waals surface area contributed by atoms with Gasteiger partial charge in [-0.05, 0) is 37.0 Å². The maximum absolute atomic E-state index is 6.09. The van der Waals surface area contributed by atoms with Crippen LogP contribution in [0.3, 0.4) is 0 Å². The Morgan fingerprint density at radius 2 is 1.95 bits per heavy atom. The fourth-order valence-corrected chi connectivity index (χ4v) is 3.06. The molecule has 3 N–H and O–H groups in total. The lowest BCUT2D eigenvalue weighted by Crippen LogP contribution is -2.41. The molecule has 3 heteroatoms. The van der Waals surface area contributed by atoms with E-state index in [1.54, 1.807) is 6.26 Å². The van der Waals surface area contributed by atoms with Crippen molar-refractivity contribution >= 4 is 0 Å². The number of furan rings is 1. The molecule has 1 aromatic heterocycles. The second kappa shape index (κ2) is 6.25. The second-order valence-corrected chi connectivity index (χ2v) is 5.65. The highest BCUT2D eigenvalue weighted by Gasteiger charge is 2.24. The van der Waals surface area contributed by atoms with E-state index < -0.39 is 0 Å². The first-order chi connectivity index (χ1) is 9.83. The fourth-order valence-electron chi connectivity index (χ4n) is 3.06. The van der Waals surface area contributed by atoms with Crippen LogP contribution in [0.2, 0.25) is 0 Å². The van der Waals surface area contributed by atoms with Crippen molar-refractivity contribution in [2.45, 2.75) is 43.8 Å². The van der Waals surface area contributed by atoms with Crippen molar-refractivity contribution < 1.29 is 4.42 Å². The van der Waals surface area contributed by atoms with Gasteiger partial charge in [-0.3, -0.25) is 0 Å². The zero-order chi connectivity index (χ0) is 13.8. The summed E-state index contributed by atoms with van der Waals surface area (Å²) < 4.78 is 5.62. The minimum atomic E-state index is 0.112. The Bertz CT molecular complexity index is 509. The topological polar surface area (TPSA) is 51.2 Å². The summed E-state index contributed by atoms with van der Waals surface area (Å²) in [5.74, 6) is 0.968. The zero-order valence-corrected chi connectivity index (χ0v) is 11.7. The van der Waals surface area contributed by atoms with E-state index in [9.17, 15) is 0 Å². The predicted molar refractivity (Wildman–Crippen MR) is 80.4 cm³/mol. The van der Waals surface area contributed by atoms with Crippen molar-refractivity contribution in [1.82, 2.24) is 5.32 Å². The minimum Gasteiger partial charge on any atom is -0.467 e. The quantitative estimate of drug-likeness (QED) is 0.896. The Kier molecular flexibility index (Phi) is 4.19. The molecule has 1 aliphatic rings. The van der Waals surface area contributed by atoms with Crippen LogP contribution >= 0.6 is 0 Å². The van der Waals surface area contributed by atoms with E-state index in [1.807, 2.05) is 18.2 Å². The van der Waals surface area contributed by atoms with E-state index in [0.29, 0.717) is 12.1 Å². The molecule has 0 radical (unpaired) electrons.